The minimum atomic E-state index is -0.208. The number of benzene rings is 1. The Morgan fingerprint density at radius 2 is 1.93 bits per heavy atom. The van der Waals surface area contributed by atoms with Gasteiger partial charge in [-0.05, 0) is 25.5 Å². The first kappa shape index (κ1) is 21.6. The van der Waals surface area contributed by atoms with Gasteiger partial charge in [0.2, 0.25) is 5.91 Å². The predicted octanol–water partition coefficient (Wildman–Crippen LogP) is 3.60. The number of halogens is 2. The second kappa shape index (κ2) is 10.1. The van der Waals surface area contributed by atoms with Crippen molar-refractivity contribution in [3.8, 4) is 0 Å². The van der Waals surface area contributed by atoms with Crippen LogP contribution < -0.4 is 15.1 Å². The Morgan fingerprint density at radius 3 is 2.62 bits per heavy atom. The van der Waals surface area contributed by atoms with Gasteiger partial charge in [-0.2, -0.15) is 0 Å². The third-order valence-electron chi connectivity index (χ3n) is 4.81. The van der Waals surface area contributed by atoms with Gasteiger partial charge in [-0.3, -0.25) is 4.79 Å². The molecule has 0 radical (unpaired) electrons. The molecule has 0 aliphatic carbocycles. The largest absolute Gasteiger partial charge is 0.366 e. The van der Waals surface area contributed by atoms with Crippen molar-refractivity contribution >= 4 is 40.8 Å². The zero-order valence-electron chi connectivity index (χ0n) is 16.6. The van der Waals surface area contributed by atoms with Crippen molar-refractivity contribution in [2.75, 3.05) is 41.7 Å². The van der Waals surface area contributed by atoms with E-state index in [9.17, 15) is 9.18 Å². The lowest BCUT2D eigenvalue weighted by Crippen LogP contribution is -2.47. The molecule has 156 valence electrons. The number of nitrogens with zero attached hydrogens (tertiary/aromatic N) is 4. The lowest BCUT2D eigenvalue weighted by Gasteiger charge is -2.36. The van der Waals surface area contributed by atoms with Gasteiger partial charge in [0.05, 0.1) is 11.4 Å². The maximum atomic E-state index is 14.0. The zero-order chi connectivity index (χ0) is 20.8. The quantitative estimate of drug-likeness (QED) is 0.405. The van der Waals surface area contributed by atoms with Crippen LogP contribution in [0.2, 0.25) is 5.15 Å². The average molecular weight is 438 g/mol. The number of piperazine rings is 1. The minimum Gasteiger partial charge on any atom is -0.366 e. The van der Waals surface area contributed by atoms with E-state index < -0.39 is 0 Å². The van der Waals surface area contributed by atoms with E-state index in [1.54, 1.807) is 18.2 Å². The van der Waals surface area contributed by atoms with Crippen molar-refractivity contribution in [3.63, 3.8) is 0 Å². The average Bonchev–Trinajstić information content (AvgIpc) is 2.72. The monoisotopic (exact) mass is 437 g/mol. The number of para-hydroxylation sites is 1. The maximum Gasteiger partial charge on any atom is 0.230 e. The first-order valence-corrected chi connectivity index (χ1v) is 11.0. The number of amides is 1. The highest BCUT2D eigenvalue weighted by atomic mass is 35.5. The van der Waals surface area contributed by atoms with Crippen LogP contribution in [0.25, 0.3) is 0 Å². The van der Waals surface area contributed by atoms with Crippen molar-refractivity contribution in [3.05, 3.63) is 41.3 Å². The molecular formula is C20H25ClFN5OS. The summed E-state index contributed by atoms with van der Waals surface area (Å²) in [5.41, 5.74) is 0.622. The van der Waals surface area contributed by atoms with Crippen LogP contribution in [0.4, 0.5) is 15.9 Å². The van der Waals surface area contributed by atoms with Gasteiger partial charge in [-0.25, -0.2) is 14.4 Å². The number of thioether (sulfide) groups is 1. The summed E-state index contributed by atoms with van der Waals surface area (Å²) in [5, 5.41) is 3.74. The number of anilines is 2. The van der Waals surface area contributed by atoms with E-state index in [-0.39, 0.29) is 23.5 Å². The highest BCUT2D eigenvalue weighted by Crippen LogP contribution is 2.25. The molecular weight excluding hydrogens is 413 g/mol. The van der Waals surface area contributed by atoms with Gasteiger partial charge >= 0.3 is 0 Å². The number of rotatable bonds is 7. The van der Waals surface area contributed by atoms with Crippen LogP contribution in [0.3, 0.4) is 0 Å². The molecule has 6 nitrogen and oxygen atoms in total. The molecule has 1 N–H and O–H groups in total. The molecule has 2 aromatic rings. The first-order chi connectivity index (χ1) is 14.0. The summed E-state index contributed by atoms with van der Waals surface area (Å²) in [4.78, 5) is 24.9. The molecule has 0 bridgehead atoms. The smallest absolute Gasteiger partial charge is 0.230 e. The van der Waals surface area contributed by atoms with Crippen molar-refractivity contribution in [2.45, 2.75) is 31.5 Å². The standard InChI is InChI=1S/C20H25ClFN5OS/c1-3-14(2)23-19(28)13-29-20-24-17(21)12-18(25-20)27-10-8-26(9-11-27)16-7-5-4-6-15(16)22/h4-7,12,14H,3,8-11,13H2,1-2H3,(H,23,28). The van der Waals surface area contributed by atoms with Crippen LogP contribution in [0.5, 0.6) is 0 Å². The summed E-state index contributed by atoms with van der Waals surface area (Å²) in [6.45, 7) is 6.75. The van der Waals surface area contributed by atoms with E-state index >= 15 is 0 Å². The summed E-state index contributed by atoms with van der Waals surface area (Å²) in [5.74, 6) is 0.710. The van der Waals surface area contributed by atoms with Crippen molar-refractivity contribution in [1.29, 1.82) is 0 Å². The maximum absolute atomic E-state index is 14.0. The number of hydrogen-bond donors (Lipinski definition) is 1. The minimum absolute atomic E-state index is 0.0482. The van der Waals surface area contributed by atoms with E-state index in [2.05, 4.69) is 20.2 Å². The van der Waals surface area contributed by atoms with Crippen molar-refractivity contribution in [2.24, 2.45) is 0 Å². The zero-order valence-corrected chi connectivity index (χ0v) is 18.1. The molecule has 1 aromatic heterocycles. The molecule has 1 unspecified atom stereocenters. The molecule has 1 atom stereocenters. The Bertz CT molecular complexity index is 847. The second-order valence-corrected chi connectivity index (χ2v) is 8.25. The lowest BCUT2D eigenvalue weighted by atomic mass is 10.2. The predicted molar refractivity (Wildman–Crippen MR) is 116 cm³/mol. The third-order valence-corrected chi connectivity index (χ3v) is 5.85. The van der Waals surface area contributed by atoms with Crippen molar-refractivity contribution < 1.29 is 9.18 Å². The van der Waals surface area contributed by atoms with E-state index in [0.717, 1.165) is 12.2 Å². The first-order valence-electron chi connectivity index (χ1n) is 9.67. The van der Waals surface area contributed by atoms with Gasteiger partial charge in [0.25, 0.3) is 0 Å². The van der Waals surface area contributed by atoms with Gasteiger partial charge in [-0.15, -0.1) is 0 Å². The molecule has 0 spiro atoms. The number of hydrogen-bond acceptors (Lipinski definition) is 6. The van der Waals surface area contributed by atoms with Gasteiger partial charge in [0.1, 0.15) is 16.8 Å². The van der Waals surface area contributed by atoms with Gasteiger partial charge in [0.15, 0.2) is 5.16 Å². The molecule has 1 aliphatic heterocycles. The Morgan fingerprint density at radius 1 is 1.24 bits per heavy atom. The van der Waals surface area contributed by atoms with Crippen LogP contribution in [0.15, 0.2) is 35.5 Å². The van der Waals surface area contributed by atoms with E-state index in [1.807, 2.05) is 24.8 Å². The summed E-state index contributed by atoms with van der Waals surface area (Å²) in [6.07, 6.45) is 0.882. The Balaban J connectivity index is 1.60. The fourth-order valence-corrected chi connectivity index (χ4v) is 3.94. The van der Waals surface area contributed by atoms with Crippen molar-refractivity contribution in [1.82, 2.24) is 15.3 Å². The SMILES string of the molecule is CCC(C)NC(=O)CSc1nc(Cl)cc(N2CCN(c3ccccc3F)CC2)n1. The van der Waals surface area contributed by atoms with Gasteiger partial charge < -0.3 is 15.1 Å². The fraction of sp³-hybridized carbons (Fsp3) is 0.450. The summed E-state index contributed by atoms with van der Waals surface area (Å²) < 4.78 is 14.0. The van der Waals surface area contributed by atoms with Crippen LogP contribution in [0.1, 0.15) is 20.3 Å². The highest BCUT2D eigenvalue weighted by Gasteiger charge is 2.21. The second-order valence-electron chi connectivity index (χ2n) is 6.92. The van der Waals surface area contributed by atoms with Crippen LogP contribution in [0, 0.1) is 5.82 Å². The molecule has 1 amide bonds. The molecule has 1 aliphatic rings. The van der Waals surface area contributed by atoms with Gasteiger partial charge in [0, 0.05) is 38.3 Å². The lowest BCUT2D eigenvalue weighted by molar-refractivity contribution is -0.119. The molecule has 0 saturated carbocycles. The summed E-state index contributed by atoms with van der Waals surface area (Å²) >= 11 is 7.45. The Kier molecular flexibility index (Phi) is 7.55. The topological polar surface area (TPSA) is 61.4 Å². The summed E-state index contributed by atoms with van der Waals surface area (Å²) in [7, 11) is 0. The number of nitrogens with one attached hydrogen (secondary N) is 1. The normalized spacial score (nSPS) is 15.3. The molecule has 3 rings (SSSR count). The molecule has 1 fully saturated rings. The summed E-state index contributed by atoms with van der Waals surface area (Å²) in [6, 6.07) is 8.68. The van der Waals surface area contributed by atoms with Crippen LogP contribution in [-0.4, -0.2) is 53.8 Å². The molecule has 1 saturated heterocycles. The Labute approximate surface area is 179 Å². The molecule has 9 heteroatoms. The number of carbonyl (C=O) groups excluding carboxylic acids is 1. The fourth-order valence-electron chi connectivity index (χ4n) is 3.05. The van der Waals surface area contributed by atoms with E-state index in [0.29, 0.717) is 42.2 Å². The highest BCUT2D eigenvalue weighted by molar-refractivity contribution is 7.99. The van der Waals surface area contributed by atoms with E-state index in [1.165, 1.54) is 17.8 Å². The molecule has 2 heterocycles. The Hall–Kier alpha value is -2.06. The van der Waals surface area contributed by atoms with Gasteiger partial charge in [-0.1, -0.05) is 42.4 Å². The van der Waals surface area contributed by atoms with Crippen LogP contribution in [-0.2, 0) is 4.79 Å². The molecule has 1 aromatic carbocycles. The molecule has 29 heavy (non-hydrogen) atoms. The number of aromatic nitrogens is 2. The third kappa shape index (κ3) is 5.96. The number of carbonyl (C=O) groups is 1. The van der Waals surface area contributed by atoms with Crippen LogP contribution >= 0.6 is 23.4 Å². The van der Waals surface area contributed by atoms with E-state index in [4.69, 9.17) is 11.6 Å².